The Morgan fingerprint density at radius 1 is 0.290 bits per heavy atom. The van der Waals surface area contributed by atoms with Gasteiger partial charge in [-0.1, -0.05) is 188 Å². The van der Waals surface area contributed by atoms with Crippen LogP contribution >= 0.6 is 0 Å². The SMILES string of the molecule is CCCCCCCCCCCCCCC(C)CCCCCCCCCC(C)CCCC. The monoisotopic (exact) mass is 437 g/mol. The molecular formula is C31H64. The van der Waals surface area contributed by atoms with Gasteiger partial charge in [0, 0.05) is 0 Å². The molecule has 0 N–H and O–H groups in total. The lowest BCUT2D eigenvalue weighted by Crippen LogP contribution is -1.95. The van der Waals surface area contributed by atoms with Crippen LogP contribution in [0, 0.1) is 11.8 Å². The maximum Gasteiger partial charge on any atom is -0.0443 e. The molecule has 31 heavy (non-hydrogen) atoms. The third-order valence-electron chi connectivity index (χ3n) is 7.49. The highest BCUT2D eigenvalue weighted by molar-refractivity contribution is 4.57. The Bertz CT molecular complexity index is 307. The molecule has 0 fully saturated rings. The molecule has 0 aromatic heterocycles. The van der Waals surface area contributed by atoms with Gasteiger partial charge in [0.25, 0.3) is 0 Å². The summed E-state index contributed by atoms with van der Waals surface area (Å²) >= 11 is 0. The van der Waals surface area contributed by atoms with Crippen LogP contribution in [0.25, 0.3) is 0 Å². The predicted molar refractivity (Wildman–Crippen MR) is 145 cm³/mol. The molecular weight excluding hydrogens is 372 g/mol. The molecule has 0 saturated carbocycles. The van der Waals surface area contributed by atoms with E-state index >= 15 is 0 Å². The molecule has 0 amide bonds. The van der Waals surface area contributed by atoms with Crippen molar-refractivity contribution in [1.82, 2.24) is 0 Å². The van der Waals surface area contributed by atoms with Gasteiger partial charge in [-0.05, 0) is 11.8 Å². The number of unbranched alkanes of at least 4 members (excludes halogenated alkanes) is 18. The Kier molecular flexibility index (Phi) is 26.3. The highest BCUT2D eigenvalue weighted by Crippen LogP contribution is 2.20. The fourth-order valence-electron chi connectivity index (χ4n) is 5.04. The van der Waals surface area contributed by atoms with E-state index in [4.69, 9.17) is 0 Å². The van der Waals surface area contributed by atoms with E-state index in [1.807, 2.05) is 0 Å². The quantitative estimate of drug-likeness (QED) is 0.118. The molecule has 0 radical (unpaired) electrons. The lowest BCUT2D eigenvalue weighted by Gasteiger charge is -2.11. The first kappa shape index (κ1) is 31.0. The van der Waals surface area contributed by atoms with Gasteiger partial charge in [-0.25, -0.2) is 0 Å². The molecule has 0 rings (SSSR count). The normalized spacial score (nSPS) is 13.5. The molecule has 0 aliphatic carbocycles. The number of hydrogen-bond acceptors (Lipinski definition) is 0. The van der Waals surface area contributed by atoms with Crippen LogP contribution in [0.2, 0.25) is 0 Å². The van der Waals surface area contributed by atoms with E-state index in [9.17, 15) is 0 Å². The smallest absolute Gasteiger partial charge is 0.0443 e. The number of hydrogen-bond donors (Lipinski definition) is 0. The minimum Gasteiger partial charge on any atom is -0.0654 e. The largest absolute Gasteiger partial charge is 0.0654 e. The van der Waals surface area contributed by atoms with Crippen molar-refractivity contribution in [2.45, 2.75) is 188 Å². The van der Waals surface area contributed by atoms with Crippen LogP contribution in [0.5, 0.6) is 0 Å². The molecule has 0 aromatic rings. The zero-order valence-electron chi connectivity index (χ0n) is 22.8. The Morgan fingerprint density at radius 2 is 0.516 bits per heavy atom. The van der Waals surface area contributed by atoms with E-state index in [1.54, 1.807) is 0 Å². The third-order valence-corrected chi connectivity index (χ3v) is 7.49. The van der Waals surface area contributed by atoms with Crippen LogP contribution in [0.15, 0.2) is 0 Å². The second-order valence-electron chi connectivity index (χ2n) is 11.1. The Hall–Kier alpha value is 0. The molecule has 0 nitrogen and oxygen atoms in total. The predicted octanol–water partition coefficient (Wildman–Crippen LogP) is 12.1. The van der Waals surface area contributed by atoms with Crippen LogP contribution in [-0.2, 0) is 0 Å². The molecule has 188 valence electrons. The molecule has 0 saturated heterocycles. The first-order chi connectivity index (χ1) is 15.2. The molecule has 0 spiro atoms. The van der Waals surface area contributed by atoms with Crippen molar-refractivity contribution in [3.05, 3.63) is 0 Å². The second-order valence-corrected chi connectivity index (χ2v) is 11.1. The van der Waals surface area contributed by atoms with Gasteiger partial charge in [0.1, 0.15) is 0 Å². The van der Waals surface area contributed by atoms with Crippen molar-refractivity contribution in [3.63, 3.8) is 0 Å². The van der Waals surface area contributed by atoms with Gasteiger partial charge in [0.15, 0.2) is 0 Å². The molecule has 0 aromatic carbocycles. The van der Waals surface area contributed by atoms with Gasteiger partial charge in [-0.2, -0.15) is 0 Å². The summed E-state index contributed by atoms with van der Waals surface area (Å²) in [5.41, 5.74) is 0. The van der Waals surface area contributed by atoms with E-state index in [0.29, 0.717) is 0 Å². The van der Waals surface area contributed by atoms with Crippen LogP contribution < -0.4 is 0 Å². The van der Waals surface area contributed by atoms with Crippen molar-refractivity contribution >= 4 is 0 Å². The van der Waals surface area contributed by atoms with Crippen LogP contribution in [0.1, 0.15) is 188 Å². The van der Waals surface area contributed by atoms with Crippen LogP contribution in [0.4, 0.5) is 0 Å². The minimum atomic E-state index is 0.964. The van der Waals surface area contributed by atoms with Gasteiger partial charge in [0.2, 0.25) is 0 Å². The van der Waals surface area contributed by atoms with Gasteiger partial charge in [-0.3, -0.25) is 0 Å². The maximum atomic E-state index is 2.50. The fraction of sp³-hybridized carbons (Fsp3) is 1.00. The van der Waals surface area contributed by atoms with Gasteiger partial charge < -0.3 is 0 Å². The fourth-order valence-corrected chi connectivity index (χ4v) is 5.04. The molecule has 0 heterocycles. The average molecular weight is 437 g/mol. The Morgan fingerprint density at radius 3 is 0.806 bits per heavy atom. The highest BCUT2D eigenvalue weighted by atomic mass is 14.1. The van der Waals surface area contributed by atoms with E-state index in [0.717, 1.165) is 11.8 Å². The van der Waals surface area contributed by atoms with Gasteiger partial charge >= 0.3 is 0 Å². The average Bonchev–Trinajstić information content (AvgIpc) is 2.77. The topological polar surface area (TPSA) is 0 Å². The van der Waals surface area contributed by atoms with E-state index in [2.05, 4.69) is 27.7 Å². The van der Waals surface area contributed by atoms with E-state index < -0.39 is 0 Å². The highest BCUT2D eigenvalue weighted by Gasteiger charge is 2.03. The minimum absolute atomic E-state index is 0.964. The second kappa shape index (κ2) is 26.3. The summed E-state index contributed by atoms with van der Waals surface area (Å²) in [4.78, 5) is 0. The Labute approximate surface area is 200 Å². The van der Waals surface area contributed by atoms with E-state index in [-0.39, 0.29) is 0 Å². The summed E-state index contributed by atoms with van der Waals surface area (Å²) in [7, 11) is 0. The standard InChI is InChI=1S/C31H64/c1-5-7-9-10-11-12-13-14-15-17-20-24-28-31(4)29-25-22-19-16-18-21-23-27-30(3)26-8-6-2/h30-31H,5-29H2,1-4H3. The van der Waals surface area contributed by atoms with Crippen LogP contribution in [-0.4, -0.2) is 0 Å². The molecule has 2 unspecified atom stereocenters. The molecule has 0 aliphatic heterocycles. The summed E-state index contributed by atoms with van der Waals surface area (Å²) in [6.07, 6.45) is 36.7. The lowest BCUT2D eigenvalue weighted by atomic mass is 9.95. The van der Waals surface area contributed by atoms with Crippen molar-refractivity contribution in [3.8, 4) is 0 Å². The Balaban J connectivity index is 3.19. The van der Waals surface area contributed by atoms with Gasteiger partial charge in [0.05, 0.1) is 0 Å². The van der Waals surface area contributed by atoms with Gasteiger partial charge in [-0.15, -0.1) is 0 Å². The summed E-state index contributed by atoms with van der Waals surface area (Å²) in [6.45, 7) is 9.57. The molecule has 0 bridgehead atoms. The number of rotatable bonds is 26. The van der Waals surface area contributed by atoms with E-state index in [1.165, 1.54) is 161 Å². The first-order valence-corrected chi connectivity index (χ1v) is 15.2. The van der Waals surface area contributed by atoms with Crippen molar-refractivity contribution in [1.29, 1.82) is 0 Å². The first-order valence-electron chi connectivity index (χ1n) is 15.2. The lowest BCUT2D eigenvalue weighted by molar-refractivity contribution is 0.425. The molecule has 2 atom stereocenters. The summed E-state index contributed by atoms with van der Waals surface area (Å²) in [5, 5.41) is 0. The van der Waals surface area contributed by atoms with Crippen molar-refractivity contribution in [2.24, 2.45) is 11.8 Å². The summed E-state index contributed by atoms with van der Waals surface area (Å²) < 4.78 is 0. The maximum absolute atomic E-state index is 2.50. The molecule has 0 aliphatic rings. The third kappa shape index (κ3) is 26.1. The summed E-state index contributed by atoms with van der Waals surface area (Å²) in [5.74, 6) is 1.93. The zero-order chi connectivity index (χ0) is 22.8. The zero-order valence-corrected chi connectivity index (χ0v) is 22.8. The summed E-state index contributed by atoms with van der Waals surface area (Å²) in [6, 6.07) is 0. The van der Waals surface area contributed by atoms with Crippen LogP contribution in [0.3, 0.4) is 0 Å². The van der Waals surface area contributed by atoms with Crippen molar-refractivity contribution < 1.29 is 0 Å². The molecule has 0 heteroatoms. The van der Waals surface area contributed by atoms with Crippen molar-refractivity contribution in [2.75, 3.05) is 0 Å².